The fourth-order valence-electron chi connectivity index (χ4n) is 4.48. The van der Waals surface area contributed by atoms with Gasteiger partial charge in [0.2, 0.25) is 0 Å². The van der Waals surface area contributed by atoms with Gasteiger partial charge in [0.1, 0.15) is 5.75 Å². The molecule has 0 unspecified atom stereocenters. The van der Waals surface area contributed by atoms with E-state index in [1.54, 1.807) is 31.4 Å². The first-order valence-corrected chi connectivity index (χ1v) is 10.4. The van der Waals surface area contributed by atoms with Gasteiger partial charge < -0.3 is 15.0 Å². The Morgan fingerprint density at radius 2 is 1.56 bits per heavy atom. The number of carbonyl (C=O) groups excluding carboxylic acids is 2. The summed E-state index contributed by atoms with van der Waals surface area (Å²) in [6.45, 7) is 7.66. The summed E-state index contributed by atoms with van der Waals surface area (Å²) >= 11 is 0. The molecule has 2 amide bonds. The van der Waals surface area contributed by atoms with E-state index >= 15 is 0 Å². The van der Waals surface area contributed by atoms with Gasteiger partial charge in [-0.25, -0.2) is 4.90 Å². The summed E-state index contributed by atoms with van der Waals surface area (Å²) in [5.41, 5.74) is 12.3. The lowest BCUT2D eigenvalue weighted by Crippen LogP contribution is -2.29. The minimum absolute atomic E-state index is 0.315. The smallest absolute Gasteiger partial charge is 0.266 e. The van der Waals surface area contributed by atoms with E-state index < -0.39 is 0 Å². The third kappa shape index (κ3) is 3.11. The van der Waals surface area contributed by atoms with Gasteiger partial charge in [0.15, 0.2) is 0 Å². The fourth-order valence-corrected chi connectivity index (χ4v) is 4.48. The highest BCUT2D eigenvalue weighted by Crippen LogP contribution is 2.40. The molecule has 1 aliphatic rings. The molecule has 2 aromatic carbocycles. The van der Waals surface area contributed by atoms with Crippen LogP contribution in [0.4, 0.5) is 11.4 Å². The number of aryl methyl sites for hydroxylation is 1. The molecular formula is C26H27N3O3. The number of benzene rings is 2. The van der Waals surface area contributed by atoms with Crippen LogP contribution >= 0.6 is 0 Å². The molecule has 0 aliphatic carbocycles. The summed E-state index contributed by atoms with van der Waals surface area (Å²) in [5.74, 6) is 0.0966. The number of allylic oxidation sites excluding steroid dienone is 2. The summed E-state index contributed by atoms with van der Waals surface area (Å²) in [6.07, 6.45) is 0. The number of carbonyl (C=O) groups is 2. The molecule has 164 valence electrons. The number of hydrogen-bond acceptors (Lipinski definition) is 4. The summed E-state index contributed by atoms with van der Waals surface area (Å²) in [7, 11) is 3.63. The number of methoxy groups -OCH3 is 1. The number of amides is 2. The predicted octanol–water partition coefficient (Wildman–Crippen LogP) is 4.76. The topological polar surface area (TPSA) is 77.6 Å². The highest BCUT2D eigenvalue weighted by molar-refractivity contribution is 6.39. The Balaban J connectivity index is 2.00. The molecule has 32 heavy (non-hydrogen) atoms. The van der Waals surface area contributed by atoms with Crippen LogP contribution in [-0.4, -0.2) is 23.5 Å². The third-order valence-corrected chi connectivity index (χ3v) is 6.18. The second-order valence-corrected chi connectivity index (χ2v) is 8.31. The van der Waals surface area contributed by atoms with Gasteiger partial charge in [0, 0.05) is 34.9 Å². The molecule has 0 spiro atoms. The maximum absolute atomic E-state index is 13.7. The summed E-state index contributed by atoms with van der Waals surface area (Å²) < 4.78 is 7.53. The number of fused-ring (bicyclic) bond motifs is 1. The highest BCUT2D eigenvalue weighted by Gasteiger charge is 2.42. The van der Waals surface area contributed by atoms with Crippen molar-refractivity contribution in [1.82, 2.24) is 4.57 Å². The van der Waals surface area contributed by atoms with Gasteiger partial charge in [-0.3, -0.25) is 9.59 Å². The molecule has 1 aromatic heterocycles. The van der Waals surface area contributed by atoms with Crippen molar-refractivity contribution in [1.29, 1.82) is 0 Å². The van der Waals surface area contributed by atoms with Gasteiger partial charge >= 0.3 is 0 Å². The molecule has 0 atom stereocenters. The zero-order valence-corrected chi connectivity index (χ0v) is 19.2. The molecule has 2 heterocycles. The Bertz CT molecular complexity index is 1340. The minimum Gasteiger partial charge on any atom is -0.497 e. The number of nitrogens with two attached hydrogens (primary N) is 1. The number of rotatable bonds is 3. The van der Waals surface area contributed by atoms with Crippen LogP contribution in [0, 0.1) is 6.92 Å². The quantitative estimate of drug-likeness (QED) is 0.370. The van der Waals surface area contributed by atoms with Gasteiger partial charge in [0.05, 0.1) is 23.9 Å². The van der Waals surface area contributed by atoms with Gasteiger partial charge in [-0.1, -0.05) is 5.57 Å². The zero-order valence-electron chi connectivity index (χ0n) is 19.2. The van der Waals surface area contributed by atoms with Crippen molar-refractivity contribution >= 4 is 39.7 Å². The number of nitrogen functional groups attached to an aromatic ring is 1. The molecule has 0 radical (unpaired) electrons. The van der Waals surface area contributed by atoms with E-state index in [1.807, 2.05) is 52.9 Å². The number of imide groups is 1. The zero-order chi connectivity index (χ0) is 23.3. The largest absolute Gasteiger partial charge is 0.497 e. The molecule has 1 saturated heterocycles. The van der Waals surface area contributed by atoms with Crippen LogP contribution < -0.4 is 15.4 Å². The van der Waals surface area contributed by atoms with E-state index in [4.69, 9.17) is 10.5 Å². The monoisotopic (exact) mass is 429 g/mol. The molecule has 0 bridgehead atoms. The van der Waals surface area contributed by atoms with Crippen LogP contribution in [0.3, 0.4) is 0 Å². The van der Waals surface area contributed by atoms with Crippen molar-refractivity contribution in [3.63, 3.8) is 0 Å². The maximum atomic E-state index is 13.7. The van der Waals surface area contributed by atoms with Gasteiger partial charge in [-0.05, 0) is 75.7 Å². The lowest BCUT2D eigenvalue weighted by atomic mass is 9.93. The predicted molar refractivity (Wildman–Crippen MR) is 129 cm³/mol. The van der Waals surface area contributed by atoms with E-state index in [9.17, 15) is 9.59 Å². The molecule has 1 fully saturated rings. The van der Waals surface area contributed by atoms with Crippen LogP contribution in [0.1, 0.15) is 32.0 Å². The molecule has 1 aliphatic heterocycles. The van der Waals surface area contributed by atoms with Crippen molar-refractivity contribution in [2.45, 2.75) is 27.7 Å². The molecule has 4 rings (SSSR count). The van der Waals surface area contributed by atoms with Crippen LogP contribution in [-0.2, 0) is 16.6 Å². The van der Waals surface area contributed by atoms with E-state index in [0.717, 1.165) is 39.1 Å². The number of aromatic nitrogens is 1. The number of nitrogens with zero attached hydrogens (tertiary/aromatic N) is 2. The molecule has 2 N–H and O–H groups in total. The van der Waals surface area contributed by atoms with Crippen molar-refractivity contribution in [2.75, 3.05) is 17.7 Å². The first kappa shape index (κ1) is 21.4. The van der Waals surface area contributed by atoms with E-state index in [0.29, 0.717) is 22.5 Å². The van der Waals surface area contributed by atoms with Crippen molar-refractivity contribution in [2.24, 2.45) is 7.05 Å². The average Bonchev–Trinajstić information content (AvgIpc) is 3.17. The van der Waals surface area contributed by atoms with Crippen LogP contribution in [0.25, 0.3) is 16.5 Å². The Morgan fingerprint density at radius 1 is 0.938 bits per heavy atom. The van der Waals surface area contributed by atoms with Crippen molar-refractivity contribution in [3.05, 3.63) is 70.4 Å². The van der Waals surface area contributed by atoms with Crippen molar-refractivity contribution < 1.29 is 14.3 Å². The Hall–Kier alpha value is -3.80. The molecule has 3 aromatic rings. The Kier molecular flexibility index (Phi) is 5.17. The first-order valence-electron chi connectivity index (χ1n) is 10.4. The number of ether oxygens (including phenoxy) is 1. The summed E-state index contributed by atoms with van der Waals surface area (Å²) in [6, 6.07) is 12.7. The van der Waals surface area contributed by atoms with Crippen LogP contribution in [0.15, 0.2) is 59.2 Å². The minimum atomic E-state index is -0.326. The fraction of sp³-hybridized carbons (Fsp3) is 0.231. The Labute approximate surface area is 187 Å². The van der Waals surface area contributed by atoms with E-state index in [1.165, 1.54) is 4.90 Å². The first-order chi connectivity index (χ1) is 15.2. The van der Waals surface area contributed by atoms with E-state index in [2.05, 4.69) is 4.57 Å². The standard InChI is InChI=1S/C26H27N3O3/c1-14(2)22-24(26(31)29(25(22)30)18-9-7-17(27)8-10-18)15(3)23-16(4)28(5)21-12-11-19(32-6)13-20(21)23/h7-13H,27H2,1-6H3. The van der Waals surface area contributed by atoms with Gasteiger partial charge in [-0.15, -0.1) is 0 Å². The normalized spacial score (nSPS) is 15.7. The third-order valence-electron chi connectivity index (χ3n) is 6.18. The SMILES string of the molecule is COc1ccc2c(c1)c(C(C)=C1C(=O)N(c3ccc(N)cc3)C(=O)C1=C(C)C)c(C)n2C. The summed E-state index contributed by atoms with van der Waals surface area (Å²) in [5, 5.41) is 0.980. The summed E-state index contributed by atoms with van der Waals surface area (Å²) in [4.78, 5) is 28.3. The van der Waals surface area contributed by atoms with Gasteiger partial charge in [-0.2, -0.15) is 0 Å². The average molecular weight is 430 g/mol. The Morgan fingerprint density at radius 3 is 2.16 bits per heavy atom. The lowest BCUT2D eigenvalue weighted by Gasteiger charge is -2.13. The van der Waals surface area contributed by atoms with E-state index in [-0.39, 0.29) is 11.8 Å². The molecule has 6 nitrogen and oxygen atoms in total. The molecule has 0 saturated carbocycles. The van der Waals surface area contributed by atoms with Crippen molar-refractivity contribution in [3.8, 4) is 5.75 Å². The molecular weight excluding hydrogens is 402 g/mol. The van der Waals surface area contributed by atoms with Crippen LogP contribution in [0.2, 0.25) is 0 Å². The second-order valence-electron chi connectivity index (χ2n) is 8.31. The number of hydrogen-bond donors (Lipinski definition) is 1. The maximum Gasteiger partial charge on any atom is 0.266 e. The molecule has 6 heteroatoms. The van der Waals surface area contributed by atoms with Crippen LogP contribution in [0.5, 0.6) is 5.75 Å². The lowest BCUT2D eigenvalue weighted by molar-refractivity contribution is -0.119. The second kappa shape index (κ2) is 7.71. The van der Waals surface area contributed by atoms with Gasteiger partial charge in [0.25, 0.3) is 11.8 Å². The number of anilines is 2. The highest BCUT2D eigenvalue weighted by atomic mass is 16.5.